The topological polar surface area (TPSA) is 23.5 Å². The summed E-state index contributed by atoms with van der Waals surface area (Å²) in [6, 6.07) is 0.594. The van der Waals surface area contributed by atoms with Crippen LogP contribution < -0.4 is 0 Å². The molecule has 0 aromatic carbocycles. The first-order chi connectivity index (χ1) is 7.50. The van der Waals surface area contributed by atoms with Gasteiger partial charge >= 0.3 is 0 Å². The minimum atomic E-state index is -0.0536. The molecular weight excluding hydrogens is 198 g/mol. The van der Waals surface area contributed by atoms with E-state index in [1.165, 1.54) is 19.3 Å². The maximum Gasteiger partial charge on any atom is 0.0580 e. The monoisotopic (exact) mass is 227 g/mol. The van der Waals surface area contributed by atoms with Gasteiger partial charge in [-0.25, -0.2) is 0 Å². The second kappa shape index (κ2) is 6.61. The van der Waals surface area contributed by atoms with Crippen molar-refractivity contribution in [1.29, 1.82) is 0 Å². The van der Waals surface area contributed by atoms with Gasteiger partial charge in [0, 0.05) is 19.1 Å². The number of hydrogen-bond donors (Lipinski definition) is 1. The highest BCUT2D eigenvalue weighted by Gasteiger charge is 2.26. The zero-order valence-electron chi connectivity index (χ0n) is 11.4. The van der Waals surface area contributed by atoms with Crippen molar-refractivity contribution >= 4 is 0 Å². The minimum Gasteiger partial charge on any atom is -0.393 e. The van der Waals surface area contributed by atoms with Crippen molar-refractivity contribution in [3.63, 3.8) is 0 Å². The van der Waals surface area contributed by atoms with E-state index >= 15 is 0 Å². The number of nitrogens with zero attached hydrogens (tertiary/aromatic N) is 1. The molecule has 2 unspecified atom stereocenters. The van der Waals surface area contributed by atoms with Crippen LogP contribution >= 0.6 is 0 Å². The lowest BCUT2D eigenvalue weighted by Gasteiger charge is -2.35. The summed E-state index contributed by atoms with van der Waals surface area (Å²) in [7, 11) is 0. The van der Waals surface area contributed by atoms with Crippen molar-refractivity contribution in [2.24, 2.45) is 11.8 Å². The third-order valence-electron chi connectivity index (χ3n) is 3.67. The number of rotatable bonds is 5. The van der Waals surface area contributed by atoms with Crippen molar-refractivity contribution in [1.82, 2.24) is 4.90 Å². The van der Waals surface area contributed by atoms with Crippen LogP contribution in [0.5, 0.6) is 0 Å². The molecule has 96 valence electrons. The van der Waals surface area contributed by atoms with E-state index in [-0.39, 0.29) is 6.10 Å². The molecule has 16 heavy (non-hydrogen) atoms. The molecule has 1 fully saturated rings. The van der Waals surface area contributed by atoms with Gasteiger partial charge in [-0.3, -0.25) is 0 Å². The molecule has 0 bridgehead atoms. The number of aliphatic hydroxyl groups excluding tert-OH is 1. The molecule has 0 aliphatic heterocycles. The summed E-state index contributed by atoms with van der Waals surface area (Å²) in [5.41, 5.74) is 0. The van der Waals surface area contributed by atoms with E-state index in [0.29, 0.717) is 17.9 Å². The largest absolute Gasteiger partial charge is 0.393 e. The predicted molar refractivity (Wildman–Crippen MR) is 69.5 cm³/mol. The highest BCUT2D eigenvalue weighted by atomic mass is 16.3. The molecule has 1 saturated carbocycles. The Labute approximate surface area is 101 Å². The van der Waals surface area contributed by atoms with Crippen molar-refractivity contribution in [2.45, 2.75) is 65.5 Å². The van der Waals surface area contributed by atoms with E-state index in [4.69, 9.17) is 0 Å². The fourth-order valence-electron chi connectivity index (χ4n) is 2.67. The van der Waals surface area contributed by atoms with E-state index in [1.807, 2.05) is 0 Å². The van der Waals surface area contributed by atoms with Crippen molar-refractivity contribution in [3.8, 4) is 0 Å². The second-order valence-corrected chi connectivity index (χ2v) is 6.05. The fraction of sp³-hybridized carbons (Fsp3) is 1.00. The molecule has 2 nitrogen and oxygen atoms in total. The lowest BCUT2D eigenvalue weighted by Crippen LogP contribution is -2.42. The summed E-state index contributed by atoms with van der Waals surface area (Å²) in [5.74, 6) is 1.22. The van der Waals surface area contributed by atoms with Crippen LogP contribution in [-0.4, -0.2) is 35.2 Å². The standard InChI is InChI=1S/C14H29NO/c1-11(2)9-15(12(3)4)10-13-7-5-6-8-14(13)16/h11-14,16H,5-10H2,1-4H3. The van der Waals surface area contributed by atoms with Gasteiger partial charge in [0.25, 0.3) is 0 Å². The van der Waals surface area contributed by atoms with Crippen molar-refractivity contribution < 1.29 is 5.11 Å². The highest BCUT2D eigenvalue weighted by molar-refractivity contribution is 4.79. The molecule has 0 amide bonds. The number of hydrogen-bond acceptors (Lipinski definition) is 2. The summed E-state index contributed by atoms with van der Waals surface area (Å²) in [6.07, 6.45) is 4.68. The Morgan fingerprint density at radius 2 is 1.75 bits per heavy atom. The third kappa shape index (κ3) is 4.42. The first kappa shape index (κ1) is 14.0. The molecule has 1 aliphatic carbocycles. The van der Waals surface area contributed by atoms with E-state index in [0.717, 1.165) is 19.5 Å². The van der Waals surface area contributed by atoms with Gasteiger partial charge < -0.3 is 10.0 Å². The van der Waals surface area contributed by atoms with Gasteiger partial charge in [-0.15, -0.1) is 0 Å². The molecule has 2 heteroatoms. The Hall–Kier alpha value is -0.0800. The summed E-state index contributed by atoms with van der Waals surface area (Å²) in [6.45, 7) is 11.3. The maximum absolute atomic E-state index is 10.0. The third-order valence-corrected chi connectivity index (χ3v) is 3.67. The van der Waals surface area contributed by atoms with Gasteiger partial charge in [0.2, 0.25) is 0 Å². The highest BCUT2D eigenvalue weighted by Crippen LogP contribution is 2.25. The lowest BCUT2D eigenvalue weighted by atomic mass is 9.86. The minimum absolute atomic E-state index is 0.0536. The zero-order valence-corrected chi connectivity index (χ0v) is 11.4. The molecule has 0 heterocycles. The van der Waals surface area contributed by atoms with Crippen LogP contribution in [0.2, 0.25) is 0 Å². The molecule has 2 atom stereocenters. The van der Waals surface area contributed by atoms with Gasteiger partial charge in [-0.2, -0.15) is 0 Å². The predicted octanol–water partition coefficient (Wildman–Crippen LogP) is 2.90. The summed E-state index contributed by atoms with van der Waals surface area (Å²) < 4.78 is 0. The van der Waals surface area contributed by atoms with Crippen LogP contribution in [0.4, 0.5) is 0 Å². The average Bonchev–Trinajstić information content (AvgIpc) is 2.19. The first-order valence-corrected chi connectivity index (χ1v) is 6.92. The summed E-state index contributed by atoms with van der Waals surface area (Å²) in [5, 5.41) is 10.0. The molecule has 0 spiro atoms. The fourth-order valence-corrected chi connectivity index (χ4v) is 2.67. The Morgan fingerprint density at radius 3 is 2.25 bits per heavy atom. The van der Waals surface area contributed by atoms with Gasteiger partial charge in [0.15, 0.2) is 0 Å². The average molecular weight is 227 g/mol. The Morgan fingerprint density at radius 1 is 1.12 bits per heavy atom. The van der Waals surface area contributed by atoms with E-state index in [9.17, 15) is 5.11 Å². The molecule has 0 aromatic heterocycles. The van der Waals surface area contributed by atoms with Gasteiger partial charge in [0.1, 0.15) is 0 Å². The van der Waals surface area contributed by atoms with Gasteiger partial charge in [-0.05, 0) is 38.5 Å². The SMILES string of the molecule is CC(C)CN(CC1CCCCC1O)C(C)C. The van der Waals surface area contributed by atoms with E-state index in [2.05, 4.69) is 32.6 Å². The van der Waals surface area contributed by atoms with Crippen molar-refractivity contribution in [2.75, 3.05) is 13.1 Å². The van der Waals surface area contributed by atoms with Crippen LogP contribution in [0.25, 0.3) is 0 Å². The molecule has 0 aromatic rings. The van der Waals surface area contributed by atoms with E-state index in [1.54, 1.807) is 0 Å². The molecule has 1 N–H and O–H groups in total. The van der Waals surface area contributed by atoms with Gasteiger partial charge in [-0.1, -0.05) is 26.7 Å². The van der Waals surface area contributed by atoms with Crippen LogP contribution in [0.3, 0.4) is 0 Å². The smallest absolute Gasteiger partial charge is 0.0580 e. The second-order valence-electron chi connectivity index (χ2n) is 6.05. The maximum atomic E-state index is 10.0. The lowest BCUT2D eigenvalue weighted by molar-refractivity contribution is 0.0366. The normalized spacial score (nSPS) is 27.0. The molecule has 1 rings (SSSR count). The number of aliphatic hydroxyl groups is 1. The van der Waals surface area contributed by atoms with Gasteiger partial charge in [0.05, 0.1) is 6.10 Å². The summed E-state index contributed by atoms with van der Waals surface area (Å²) >= 11 is 0. The molecular formula is C14H29NO. The first-order valence-electron chi connectivity index (χ1n) is 6.92. The molecule has 0 saturated heterocycles. The van der Waals surface area contributed by atoms with Crippen LogP contribution in [0.15, 0.2) is 0 Å². The Kier molecular flexibility index (Phi) is 5.77. The molecule has 0 radical (unpaired) electrons. The summed E-state index contributed by atoms with van der Waals surface area (Å²) in [4.78, 5) is 2.53. The van der Waals surface area contributed by atoms with Crippen LogP contribution in [-0.2, 0) is 0 Å². The van der Waals surface area contributed by atoms with E-state index < -0.39 is 0 Å². The van der Waals surface area contributed by atoms with Crippen LogP contribution in [0, 0.1) is 11.8 Å². The van der Waals surface area contributed by atoms with Crippen LogP contribution in [0.1, 0.15) is 53.4 Å². The Bertz CT molecular complexity index is 191. The van der Waals surface area contributed by atoms with Crippen molar-refractivity contribution in [3.05, 3.63) is 0 Å². The quantitative estimate of drug-likeness (QED) is 0.780. The zero-order chi connectivity index (χ0) is 12.1. The Balaban J connectivity index is 2.46. The molecule has 1 aliphatic rings.